The summed E-state index contributed by atoms with van der Waals surface area (Å²) in [6.07, 6.45) is 0. The van der Waals surface area contributed by atoms with Gasteiger partial charge < -0.3 is 14.8 Å². The molecule has 0 aliphatic rings. The smallest absolute Gasteiger partial charge is 0.243 e. The number of hydrogen-bond acceptors (Lipinski definition) is 5. The van der Waals surface area contributed by atoms with Gasteiger partial charge in [-0.3, -0.25) is 4.79 Å². The van der Waals surface area contributed by atoms with Gasteiger partial charge in [0.05, 0.1) is 25.2 Å². The number of hydrogen-bond donors (Lipinski definition) is 1. The Morgan fingerprint density at radius 1 is 1.12 bits per heavy atom. The number of nitrogens with zero attached hydrogens (tertiary/aromatic N) is 1. The SMILES string of the molecule is CCOc1cccc(NC(=O)CN(C)S(=O)(=O)c2ccc(OC)cc2)c1. The van der Waals surface area contributed by atoms with E-state index in [4.69, 9.17) is 9.47 Å². The van der Waals surface area contributed by atoms with Crippen molar-refractivity contribution in [1.29, 1.82) is 0 Å². The second-order valence-electron chi connectivity index (χ2n) is 5.45. The summed E-state index contributed by atoms with van der Waals surface area (Å²) in [7, 11) is -0.918. The van der Waals surface area contributed by atoms with Crippen molar-refractivity contribution in [2.45, 2.75) is 11.8 Å². The summed E-state index contributed by atoms with van der Waals surface area (Å²) in [4.78, 5) is 12.3. The zero-order valence-electron chi connectivity index (χ0n) is 14.9. The molecule has 0 atom stereocenters. The molecular weight excluding hydrogens is 356 g/mol. The van der Waals surface area contributed by atoms with Crippen molar-refractivity contribution in [1.82, 2.24) is 4.31 Å². The van der Waals surface area contributed by atoms with Gasteiger partial charge in [-0.1, -0.05) is 6.07 Å². The third-order valence-electron chi connectivity index (χ3n) is 3.56. The highest BCUT2D eigenvalue weighted by molar-refractivity contribution is 7.89. The summed E-state index contributed by atoms with van der Waals surface area (Å²) in [5, 5.41) is 2.67. The molecule has 0 spiro atoms. The fraction of sp³-hybridized carbons (Fsp3) is 0.278. The summed E-state index contributed by atoms with van der Waals surface area (Å²) < 4.78 is 36.5. The molecule has 140 valence electrons. The van der Waals surface area contributed by atoms with Crippen molar-refractivity contribution in [3.8, 4) is 11.5 Å². The molecule has 0 saturated heterocycles. The van der Waals surface area contributed by atoms with Crippen LogP contribution in [0.3, 0.4) is 0 Å². The van der Waals surface area contributed by atoms with E-state index in [1.165, 1.54) is 26.3 Å². The van der Waals surface area contributed by atoms with E-state index in [1.54, 1.807) is 36.4 Å². The molecule has 7 nitrogen and oxygen atoms in total. The fourth-order valence-electron chi connectivity index (χ4n) is 2.25. The van der Waals surface area contributed by atoms with Crippen molar-refractivity contribution in [3.63, 3.8) is 0 Å². The van der Waals surface area contributed by atoms with E-state index in [1.807, 2.05) is 6.92 Å². The van der Waals surface area contributed by atoms with Crippen molar-refractivity contribution < 1.29 is 22.7 Å². The van der Waals surface area contributed by atoms with E-state index in [2.05, 4.69) is 5.32 Å². The minimum atomic E-state index is -3.78. The van der Waals surface area contributed by atoms with Crippen molar-refractivity contribution >= 4 is 21.6 Å². The van der Waals surface area contributed by atoms with Crippen LogP contribution in [0.15, 0.2) is 53.4 Å². The van der Waals surface area contributed by atoms with Gasteiger partial charge in [0.25, 0.3) is 0 Å². The highest BCUT2D eigenvalue weighted by Crippen LogP contribution is 2.19. The Morgan fingerprint density at radius 2 is 1.81 bits per heavy atom. The summed E-state index contributed by atoms with van der Waals surface area (Å²) in [5.41, 5.74) is 0.538. The summed E-state index contributed by atoms with van der Waals surface area (Å²) in [6, 6.07) is 12.9. The molecule has 0 aromatic heterocycles. The number of carbonyl (C=O) groups excluding carboxylic acids is 1. The lowest BCUT2D eigenvalue weighted by atomic mass is 10.3. The lowest BCUT2D eigenvalue weighted by Crippen LogP contribution is -2.34. The van der Waals surface area contributed by atoms with Gasteiger partial charge in [-0.15, -0.1) is 0 Å². The monoisotopic (exact) mass is 378 g/mol. The summed E-state index contributed by atoms with van der Waals surface area (Å²) in [6.45, 7) is 2.07. The lowest BCUT2D eigenvalue weighted by molar-refractivity contribution is -0.116. The van der Waals surface area contributed by atoms with E-state index in [0.717, 1.165) is 4.31 Å². The summed E-state index contributed by atoms with van der Waals surface area (Å²) in [5.74, 6) is 0.737. The van der Waals surface area contributed by atoms with Gasteiger partial charge in [-0.2, -0.15) is 4.31 Å². The maximum atomic E-state index is 12.5. The first-order valence-electron chi connectivity index (χ1n) is 8.00. The molecule has 0 aliphatic heterocycles. The molecule has 0 fully saturated rings. The minimum absolute atomic E-state index is 0.0898. The molecule has 0 saturated carbocycles. The first-order chi connectivity index (χ1) is 12.4. The van der Waals surface area contributed by atoms with Crippen LogP contribution in [0.2, 0.25) is 0 Å². The minimum Gasteiger partial charge on any atom is -0.497 e. The number of ether oxygens (including phenoxy) is 2. The topological polar surface area (TPSA) is 84.9 Å². The van der Waals surface area contributed by atoms with Gasteiger partial charge in [0, 0.05) is 18.8 Å². The van der Waals surface area contributed by atoms with Gasteiger partial charge in [0.15, 0.2) is 0 Å². The normalized spacial score (nSPS) is 11.2. The largest absolute Gasteiger partial charge is 0.497 e. The Hall–Kier alpha value is -2.58. The number of anilines is 1. The van der Waals surface area contributed by atoms with Gasteiger partial charge >= 0.3 is 0 Å². The highest BCUT2D eigenvalue weighted by Gasteiger charge is 2.23. The number of amides is 1. The average Bonchev–Trinajstić information content (AvgIpc) is 2.62. The Labute approximate surface area is 153 Å². The molecule has 0 bridgehead atoms. The number of rotatable bonds is 8. The molecule has 1 N–H and O–H groups in total. The molecule has 0 radical (unpaired) electrons. The molecular formula is C18H22N2O5S. The van der Waals surface area contributed by atoms with Crippen LogP contribution in [0.1, 0.15) is 6.92 Å². The van der Waals surface area contributed by atoms with E-state index in [9.17, 15) is 13.2 Å². The maximum absolute atomic E-state index is 12.5. The number of carbonyl (C=O) groups is 1. The van der Waals surface area contributed by atoms with E-state index < -0.39 is 15.9 Å². The van der Waals surface area contributed by atoms with E-state index in [0.29, 0.717) is 23.8 Å². The fourth-order valence-corrected chi connectivity index (χ4v) is 3.37. The van der Waals surface area contributed by atoms with Crippen LogP contribution < -0.4 is 14.8 Å². The van der Waals surface area contributed by atoms with Gasteiger partial charge in [0.2, 0.25) is 15.9 Å². The molecule has 0 aliphatic carbocycles. The van der Waals surface area contributed by atoms with Crippen LogP contribution in [0.5, 0.6) is 11.5 Å². The molecule has 2 rings (SSSR count). The van der Waals surface area contributed by atoms with Crippen LogP contribution in [0, 0.1) is 0 Å². The molecule has 26 heavy (non-hydrogen) atoms. The first-order valence-corrected chi connectivity index (χ1v) is 9.44. The molecule has 2 aromatic carbocycles. The molecule has 0 unspecified atom stereocenters. The van der Waals surface area contributed by atoms with Gasteiger partial charge in [-0.25, -0.2) is 8.42 Å². The molecule has 2 aromatic rings. The third kappa shape index (κ3) is 4.96. The Bertz CT molecular complexity index is 850. The maximum Gasteiger partial charge on any atom is 0.243 e. The number of likely N-dealkylation sites (N-methyl/N-ethyl adjacent to an activating group) is 1. The number of benzene rings is 2. The van der Waals surface area contributed by atoms with Crippen molar-refractivity contribution in [2.75, 3.05) is 32.6 Å². The van der Waals surface area contributed by atoms with Crippen molar-refractivity contribution in [3.05, 3.63) is 48.5 Å². The van der Waals surface area contributed by atoms with Gasteiger partial charge in [-0.05, 0) is 43.3 Å². The van der Waals surface area contributed by atoms with Crippen LogP contribution in [0.25, 0.3) is 0 Å². The van der Waals surface area contributed by atoms with Crippen LogP contribution in [-0.4, -0.2) is 45.9 Å². The van der Waals surface area contributed by atoms with Gasteiger partial charge in [0.1, 0.15) is 11.5 Å². The summed E-state index contributed by atoms with van der Waals surface area (Å²) >= 11 is 0. The Balaban J connectivity index is 2.04. The average molecular weight is 378 g/mol. The predicted molar refractivity (Wildman–Crippen MR) is 99.1 cm³/mol. The first kappa shape index (κ1) is 19.7. The number of sulfonamides is 1. The standard InChI is InChI=1S/C18H22N2O5S/c1-4-25-16-7-5-6-14(12-16)19-18(21)13-20(2)26(22,23)17-10-8-15(24-3)9-11-17/h5-12H,4,13H2,1-3H3,(H,19,21). The van der Waals surface area contributed by atoms with Crippen LogP contribution >= 0.6 is 0 Å². The second-order valence-corrected chi connectivity index (χ2v) is 7.49. The van der Waals surface area contributed by atoms with Crippen LogP contribution in [0.4, 0.5) is 5.69 Å². The molecule has 1 amide bonds. The Morgan fingerprint density at radius 3 is 2.42 bits per heavy atom. The predicted octanol–water partition coefficient (Wildman–Crippen LogP) is 2.35. The second kappa shape index (κ2) is 8.68. The molecule has 8 heteroatoms. The van der Waals surface area contributed by atoms with E-state index >= 15 is 0 Å². The molecule has 0 heterocycles. The Kier molecular flexibility index (Phi) is 6.59. The third-order valence-corrected chi connectivity index (χ3v) is 5.38. The number of nitrogens with one attached hydrogen (secondary N) is 1. The van der Waals surface area contributed by atoms with Crippen molar-refractivity contribution in [2.24, 2.45) is 0 Å². The van der Waals surface area contributed by atoms with Crippen LogP contribution in [-0.2, 0) is 14.8 Å². The van der Waals surface area contributed by atoms with E-state index in [-0.39, 0.29) is 11.4 Å². The number of methoxy groups -OCH3 is 1. The zero-order valence-corrected chi connectivity index (χ0v) is 15.7. The lowest BCUT2D eigenvalue weighted by Gasteiger charge is -2.17. The quantitative estimate of drug-likeness (QED) is 0.762. The highest BCUT2D eigenvalue weighted by atomic mass is 32.2. The zero-order chi connectivity index (χ0) is 19.2.